The Morgan fingerprint density at radius 2 is 1.57 bits per heavy atom. The van der Waals surface area contributed by atoms with E-state index in [9.17, 15) is 24.9 Å². The van der Waals surface area contributed by atoms with Crippen molar-refractivity contribution < 1.29 is 44.6 Å². The Balaban J connectivity index is 1.56. The van der Waals surface area contributed by atoms with Gasteiger partial charge in [-0.05, 0) is 37.1 Å². The molecule has 30 heavy (non-hydrogen) atoms. The summed E-state index contributed by atoms with van der Waals surface area (Å²) in [7, 11) is 0. The fourth-order valence-electron chi connectivity index (χ4n) is 3.05. The Morgan fingerprint density at radius 1 is 0.933 bits per heavy atom. The van der Waals surface area contributed by atoms with Crippen molar-refractivity contribution in [2.45, 2.75) is 56.4 Å². The fourth-order valence-corrected chi connectivity index (χ4v) is 3.05. The zero-order chi connectivity index (χ0) is 22.1. The molecule has 0 aliphatic carbocycles. The van der Waals surface area contributed by atoms with Gasteiger partial charge in [0, 0.05) is 18.7 Å². The average Bonchev–Trinajstić information content (AvgIpc) is 2.75. The lowest BCUT2D eigenvalue weighted by molar-refractivity contribution is -0.301. The molecule has 1 heterocycles. The number of amides is 1. The van der Waals surface area contributed by atoms with Crippen LogP contribution in [-0.4, -0.2) is 87.9 Å². The molecule has 1 aromatic carbocycles. The number of aliphatic hydroxyl groups is 4. The van der Waals surface area contributed by atoms with Crippen molar-refractivity contribution in [3.05, 3.63) is 35.4 Å². The Kier molecular flexibility index (Phi) is 9.63. The van der Waals surface area contributed by atoms with Crippen LogP contribution in [0.4, 0.5) is 0 Å². The number of carboxylic acids is 1. The maximum atomic E-state index is 12.0. The standard InChI is InChI=1S/C20H29NO9/c22-11-14-15(23)16(24)17(25)20(30-14)29-10-4-2-1-3-9-21-18(26)12-5-7-13(8-6-12)19(27)28/h5-8,14-17,20,22-25H,1-4,9-11H2,(H,21,26)(H,27,28)/t14-,15-,16+,17-,20?/m1/s1. The van der Waals surface area contributed by atoms with Gasteiger partial charge in [0.1, 0.15) is 24.4 Å². The van der Waals surface area contributed by atoms with Crippen molar-refractivity contribution in [3.8, 4) is 0 Å². The highest BCUT2D eigenvalue weighted by Gasteiger charge is 2.43. The van der Waals surface area contributed by atoms with Gasteiger partial charge in [-0.15, -0.1) is 0 Å². The SMILES string of the molecule is O=C(O)c1ccc(C(=O)NCCCCCCOC2O[C@H](CO)[C@@H](O)[C@H](O)[C@H]2O)cc1. The topological polar surface area (TPSA) is 166 Å². The van der Waals surface area contributed by atoms with Crippen LogP contribution in [0, 0.1) is 0 Å². The van der Waals surface area contributed by atoms with Crippen molar-refractivity contribution in [3.63, 3.8) is 0 Å². The van der Waals surface area contributed by atoms with Gasteiger partial charge < -0.3 is 40.3 Å². The van der Waals surface area contributed by atoms with Crippen molar-refractivity contribution >= 4 is 11.9 Å². The molecule has 1 fully saturated rings. The number of carbonyl (C=O) groups excluding carboxylic acids is 1. The van der Waals surface area contributed by atoms with Gasteiger partial charge in [0.15, 0.2) is 6.29 Å². The van der Waals surface area contributed by atoms with Gasteiger partial charge in [-0.1, -0.05) is 12.8 Å². The lowest BCUT2D eigenvalue weighted by Gasteiger charge is -2.39. The van der Waals surface area contributed by atoms with E-state index in [1.165, 1.54) is 24.3 Å². The van der Waals surface area contributed by atoms with E-state index in [4.69, 9.17) is 19.7 Å². The maximum Gasteiger partial charge on any atom is 0.335 e. The summed E-state index contributed by atoms with van der Waals surface area (Å²) in [5, 5.41) is 50.0. The smallest absolute Gasteiger partial charge is 0.335 e. The summed E-state index contributed by atoms with van der Waals surface area (Å²) >= 11 is 0. The zero-order valence-corrected chi connectivity index (χ0v) is 16.5. The van der Waals surface area contributed by atoms with Gasteiger partial charge in [0.25, 0.3) is 5.91 Å². The summed E-state index contributed by atoms with van der Waals surface area (Å²) in [6.07, 6.45) is -3.32. The third-order valence-corrected chi connectivity index (χ3v) is 4.88. The minimum Gasteiger partial charge on any atom is -0.478 e. The van der Waals surface area contributed by atoms with Gasteiger partial charge in [-0.2, -0.15) is 0 Å². The van der Waals surface area contributed by atoms with Gasteiger partial charge in [0.2, 0.25) is 0 Å². The number of benzene rings is 1. The number of nitrogens with one attached hydrogen (secondary N) is 1. The summed E-state index contributed by atoms with van der Waals surface area (Å²) in [6.45, 7) is 0.248. The molecule has 1 aromatic rings. The normalized spacial score (nSPS) is 26.3. The second-order valence-corrected chi connectivity index (χ2v) is 7.12. The minimum atomic E-state index is -1.45. The van der Waals surface area contributed by atoms with Crippen LogP contribution in [0.15, 0.2) is 24.3 Å². The van der Waals surface area contributed by atoms with Crippen LogP contribution < -0.4 is 5.32 Å². The third-order valence-electron chi connectivity index (χ3n) is 4.88. The molecule has 10 nitrogen and oxygen atoms in total. The Hall–Kier alpha value is -2.08. The molecule has 6 N–H and O–H groups in total. The molecule has 0 saturated carbocycles. The Morgan fingerprint density at radius 3 is 2.20 bits per heavy atom. The van der Waals surface area contributed by atoms with E-state index in [1.54, 1.807) is 0 Å². The van der Waals surface area contributed by atoms with Crippen molar-refractivity contribution in [1.82, 2.24) is 5.32 Å². The first-order valence-corrected chi connectivity index (χ1v) is 9.88. The number of ether oxygens (including phenoxy) is 2. The first-order valence-electron chi connectivity index (χ1n) is 9.88. The van der Waals surface area contributed by atoms with Crippen LogP contribution in [0.2, 0.25) is 0 Å². The minimum absolute atomic E-state index is 0.123. The van der Waals surface area contributed by atoms with E-state index in [2.05, 4.69) is 5.32 Å². The van der Waals surface area contributed by atoms with Crippen molar-refractivity contribution in [2.75, 3.05) is 19.8 Å². The van der Waals surface area contributed by atoms with Crippen molar-refractivity contribution in [1.29, 1.82) is 0 Å². The van der Waals surface area contributed by atoms with Crippen LogP contribution in [-0.2, 0) is 9.47 Å². The molecule has 2 rings (SSSR count). The van der Waals surface area contributed by atoms with Crippen LogP contribution in [0.3, 0.4) is 0 Å². The fraction of sp³-hybridized carbons (Fsp3) is 0.600. The molecule has 5 atom stereocenters. The second kappa shape index (κ2) is 11.9. The molecular weight excluding hydrogens is 398 g/mol. The lowest BCUT2D eigenvalue weighted by Crippen LogP contribution is -2.59. The molecule has 0 bridgehead atoms. The van der Waals surface area contributed by atoms with Gasteiger partial charge in [0.05, 0.1) is 12.2 Å². The monoisotopic (exact) mass is 427 g/mol. The maximum absolute atomic E-state index is 12.0. The molecular formula is C20H29NO9. The van der Waals surface area contributed by atoms with Gasteiger partial charge >= 0.3 is 5.97 Å². The average molecular weight is 427 g/mol. The van der Waals surface area contributed by atoms with Gasteiger partial charge in [-0.25, -0.2) is 4.79 Å². The highest BCUT2D eigenvalue weighted by molar-refractivity contribution is 5.95. The molecule has 1 amide bonds. The van der Waals surface area contributed by atoms with Crippen LogP contribution >= 0.6 is 0 Å². The number of hydrogen-bond acceptors (Lipinski definition) is 8. The molecule has 0 aromatic heterocycles. The third kappa shape index (κ3) is 6.73. The summed E-state index contributed by atoms with van der Waals surface area (Å²) < 4.78 is 10.7. The van der Waals surface area contributed by atoms with Crippen LogP contribution in [0.25, 0.3) is 0 Å². The van der Waals surface area contributed by atoms with E-state index in [-0.39, 0.29) is 18.1 Å². The number of unbranched alkanes of at least 4 members (excludes halogenated alkanes) is 3. The van der Waals surface area contributed by atoms with E-state index in [0.717, 1.165) is 19.3 Å². The number of aliphatic hydroxyl groups excluding tert-OH is 4. The lowest BCUT2D eigenvalue weighted by atomic mass is 9.99. The summed E-state index contributed by atoms with van der Waals surface area (Å²) in [5.41, 5.74) is 0.519. The number of aromatic carboxylic acids is 1. The quantitative estimate of drug-likeness (QED) is 0.255. The predicted octanol–water partition coefficient (Wildman–Crippen LogP) is -0.508. The number of carboxylic acid groups (broad SMARTS) is 1. The molecule has 168 valence electrons. The molecule has 1 aliphatic heterocycles. The largest absolute Gasteiger partial charge is 0.478 e. The van der Waals surface area contributed by atoms with E-state index in [1.807, 2.05) is 0 Å². The van der Waals surface area contributed by atoms with Crippen molar-refractivity contribution in [2.24, 2.45) is 0 Å². The van der Waals surface area contributed by atoms with Gasteiger partial charge in [-0.3, -0.25) is 4.79 Å². The first kappa shape index (κ1) is 24.2. The van der Waals surface area contributed by atoms with E-state index < -0.39 is 43.3 Å². The molecule has 1 saturated heterocycles. The van der Waals surface area contributed by atoms with E-state index >= 15 is 0 Å². The number of carbonyl (C=O) groups is 2. The van der Waals surface area contributed by atoms with Crippen LogP contribution in [0.5, 0.6) is 0 Å². The second-order valence-electron chi connectivity index (χ2n) is 7.12. The number of hydrogen-bond donors (Lipinski definition) is 6. The highest BCUT2D eigenvalue weighted by Crippen LogP contribution is 2.22. The number of rotatable bonds is 11. The summed E-state index contributed by atoms with van der Waals surface area (Å²) in [6, 6.07) is 5.70. The summed E-state index contributed by atoms with van der Waals surface area (Å²) in [5.74, 6) is -1.31. The predicted molar refractivity (Wildman–Crippen MR) is 104 cm³/mol. The first-order chi connectivity index (χ1) is 14.3. The van der Waals surface area contributed by atoms with E-state index in [0.29, 0.717) is 18.5 Å². The highest BCUT2D eigenvalue weighted by atomic mass is 16.7. The Labute approximate surface area is 174 Å². The molecule has 10 heteroatoms. The summed E-state index contributed by atoms with van der Waals surface area (Å²) in [4.78, 5) is 22.8. The molecule has 0 spiro atoms. The Bertz CT molecular complexity index is 679. The zero-order valence-electron chi connectivity index (χ0n) is 16.5. The molecule has 1 aliphatic rings. The molecule has 1 unspecified atom stereocenters. The van der Waals surface area contributed by atoms with Crippen LogP contribution in [0.1, 0.15) is 46.4 Å². The molecule has 0 radical (unpaired) electrons.